The molecule has 0 saturated heterocycles. The first-order chi connectivity index (χ1) is 26.8. The summed E-state index contributed by atoms with van der Waals surface area (Å²) < 4.78 is 0. The summed E-state index contributed by atoms with van der Waals surface area (Å²) in [6, 6.07) is 54.3. The van der Waals surface area contributed by atoms with Gasteiger partial charge < -0.3 is 9.80 Å². The third-order valence-corrected chi connectivity index (χ3v) is 12.5. The molecule has 3 unspecified atom stereocenters. The Balaban J connectivity index is 1.09. The van der Waals surface area contributed by atoms with Gasteiger partial charge in [-0.15, -0.1) is 0 Å². The molecule has 0 N–H and O–H groups in total. The number of benzene rings is 6. The van der Waals surface area contributed by atoms with E-state index in [9.17, 15) is 0 Å². The quantitative estimate of drug-likeness (QED) is 0.145. The van der Waals surface area contributed by atoms with Gasteiger partial charge in [-0.2, -0.15) is 0 Å². The lowest BCUT2D eigenvalue weighted by Gasteiger charge is -2.34. The molecule has 0 radical (unpaired) electrons. The first-order valence-corrected chi connectivity index (χ1v) is 20.0. The number of anilines is 4. The van der Waals surface area contributed by atoms with Crippen molar-refractivity contribution in [1.82, 2.24) is 0 Å². The van der Waals surface area contributed by atoms with Gasteiger partial charge in [0.15, 0.2) is 0 Å². The molecular formula is C53H50N2. The molecule has 6 aromatic carbocycles. The van der Waals surface area contributed by atoms with Gasteiger partial charge in [0.2, 0.25) is 0 Å². The Morgan fingerprint density at radius 1 is 0.691 bits per heavy atom. The minimum absolute atomic E-state index is 0.0476. The van der Waals surface area contributed by atoms with Crippen molar-refractivity contribution < 1.29 is 0 Å². The lowest BCUT2D eigenvalue weighted by molar-refractivity contribution is 0.595. The smallest absolute Gasteiger partial charge is 0.0589 e. The van der Waals surface area contributed by atoms with Crippen molar-refractivity contribution >= 4 is 22.7 Å². The highest BCUT2D eigenvalue weighted by Gasteiger charge is 2.37. The maximum Gasteiger partial charge on any atom is 0.0589 e. The Bertz CT molecular complexity index is 2450. The standard InChI is InChI=1S/C53H50N2/c1-6-7-22-50-37(2)47-35-39(25-30-51(47)55(50)41-18-12-9-13-19-41)38-23-26-42(27-24-38)54(43-31-33-53(5,34-32-43)40-16-10-8-11-17-40)44-28-29-46-45-20-14-15-21-48(45)52(3,4)49(46)36-44/h7-33,35-37,50H,6,34H2,1-5H3/b22-7-. The molecule has 2 aliphatic carbocycles. The van der Waals surface area contributed by atoms with Crippen LogP contribution in [-0.4, -0.2) is 6.04 Å². The van der Waals surface area contributed by atoms with Crippen LogP contribution in [0, 0.1) is 0 Å². The van der Waals surface area contributed by atoms with Gasteiger partial charge in [0, 0.05) is 45.2 Å². The molecule has 0 saturated carbocycles. The highest BCUT2D eigenvalue weighted by atomic mass is 15.2. The van der Waals surface area contributed by atoms with Crippen LogP contribution in [0.3, 0.4) is 0 Å². The highest BCUT2D eigenvalue weighted by molar-refractivity contribution is 5.85. The van der Waals surface area contributed by atoms with Crippen molar-refractivity contribution in [2.24, 2.45) is 0 Å². The second kappa shape index (κ2) is 13.8. The van der Waals surface area contributed by atoms with Crippen molar-refractivity contribution in [3.05, 3.63) is 204 Å². The highest BCUT2D eigenvalue weighted by Crippen LogP contribution is 2.51. The summed E-state index contributed by atoms with van der Waals surface area (Å²) in [7, 11) is 0. The van der Waals surface area contributed by atoms with E-state index in [0.717, 1.165) is 18.5 Å². The van der Waals surface area contributed by atoms with Crippen molar-refractivity contribution in [2.75, 3.05) is 9.80 Å². The van der Waals surface area contributed by atoms with E-state index >= 15 is 0 Å². The normalized spacial score (nSPS) is 20.6. The zero-order valence-electron chi connectivity index (χ0n) is 32.7. The summed E-state index contributed by atoms with van der Waals surface area (Å²) >= 11 is 0. The molecule has 3 aliphatic rings. The van der Waals surface area contributed by atoms with E-state index in [0.29, 0.717) is 5.92 Å². The summed E-state index contributed by atoms with van der Waals surface area (Å²) in [5.41, 5.74) is 16.7. The number of hydrogen-bond acceptors (Lipinski definition) is 2. The van der Waals surface area contributed by atoms with E-state index in [1.54, 1.807) is 0 Å². The Morgan fingerprint density at radius 3 is 2.09 bits per heavy atom. The van der Waals surface area contributed by atoms with Crippen LogP contribution in [0.5, 0.6) is 0 Å². The number of rotatable bonds is 8. The monoisotopic (exact) mass is 714 g/mol. The van der Waals surface area contributed by atoms with Crippen molar-refractivity contribution in [2.45, 2.75) is 70.3 Å². The van der Waals surface area contributed by atoms with Crippen LogP contribution in [0.2, 0.25) is 0 Å². The molecule has 55 heavy (non-hydrogen) atoms. The average molecular weight is 715 g/mol. The van der Waals surface area contributed by atoms with Crippen LogP contribution in [0.15, 0.2) is 182 Å². The molecule has 0 spiro atoms. The van der Waals surface area contributed by atoms with Crippen LogP contribution in [0.1, 0.15) is 75.6 Å². The van der Waals surface area contributed by atoms with E-state index < -0.39 is 0 Å². The van der Waals surface area contributed by atoms with Crippen LogP contribution in [0.4, 0.5) is 22.7 Å². The lowest BCUT2D eigenvalue weighted by atomic mass is 9.77. The van der Waals surface area contributed by atoms with Gasteiger partial charge in [-0.3, -0.25) is 0 Å². The summed E-state index contributed by atoms with van der Waals surface area (Å²) in [4.78, 5) is 4.97. The molecule has 0 amide bonds. The van der Waals surface area contributed by atoms with E-state index in [1.165, 1.54) is 67.3 Å². The van der Waals surface area contributed by atoms with E-state index in [-0.39, 0.29) is 16.9 Å². The summed E-state index contributed by atoms with van der Waals surface area (Å²) in [5, 5.41) is 0. The van der Waals surface area contributed by atoms with Gasteiger partial charge in [0.25, 0.3) is 0 Å². The van der Waals surface area contributed by atoms with Gasteiger partial charge in [0.1, 0.15) is 0 Å². The molecule has 3 atom stereocenters. The second-order valence-electron chi connectivity index (χ2n) is 16.3. The molecule has 1 heterocycles. The lowest BCUT2D eigenvalue weighted by Crippen LogP contribution is -2.27. The van der Waals surface area contributed by atoms with Crippen molar-refractivity contribution in [3.8, 4) is 22.3 Å². The van der Waals surface area contributed by atoms with E-state index in [1.807, 2.05) is 0 Å². The SMILES string of the molecule is CC/C=C\C1C(C)c2cc(-c3ccc(N(C4=CCC(C)(c5ccccc5)C=C4)c4ccc5c(c4)C(C)(C)c4ccccc4-5)cc3)ccc2N1c1ccccc1. The van der Waals surface area contributed by atoms with Crippen LogP contribution < -0.4 is 9.80 Å². The number of allylic oxidation sites excluding steroid dienone is 4. The third kappa shape index (κ3) is 5.96. The molecule has 0 bridgehead atoms. The van der Waals surface area contributed by atoms with Crippen LogP contribution in [-0.2, 0) is 10.8 Å². The molecule has 2 nitrogen and oxygen atoms in total. The Morgan fingerprint density at radius 2 is 1.36 bits per heavy atom. The predicted molar refractivity (Wildman–Crippen MR) is 234 cm³/mol. The average Bonchev–Trinajstić information content (AvgIpc) is 3.64. The first-order valence-electron chi connectivity index (χ1n) is 20.0. The fraction of sp³-hybridized carbons (Fsp3) is 0.208. The number of hydrogen-bond donors (Lipinski definition) is 0. The molecule has 0 aromatic heterocycles. The Kier molecular flexibility index (Phi) is 8.73. The summed E-state index contributed by atoms with van der Waals surface area (Å²) in [6.45, 7) is 11.7. The zero-order chi connectivity index (χ0) is 37.7. The largest absolute Gasteiger partial charge is 0.334 e. The molecule has 272 valence electrons. The molecule has 6 aromatic rings. The number of nitrogens with zero attached hydrogens (tertiary/aromatic N) is 2. The predicted octanol–water partition coefficient (Wildman–Crippen LogP) is 14.2. The molecule has 9 rings (SSSR count). The van der Waals surface area contributed by atoms with Gasteiger partial charge in [-0.1, -0.05) is 156 Å². The molecule has 0 fully saturated rings. The first kappa shape index (κ1) is 34.9. The zero-order valence-corrected chi connectivity index (χ0v) is 32.7. The van der Waals surface area contributed by atoms with Crippen molar-refractivity contribution in [1.29, 1.82) is 0 Å². The Hall–Kier alpha value is -5.86. The number of fused-ring (bicyclic) bond motifs is 4. The summed E-state index contributed by atoms with van der Waals surface area (Å²) in [5.74, 6) is 0.370. The maximum atomic E-state index is 2.52. The number of para-hydroxylation sites is 1. The minimum Gasteiger partial charge on any atom is -0.334 e. The van der Waals surface area contributed by atoms with E-state index in [2.05, 4.69) is 220 Å². The molecular weight excluding hydrogens is 665 g/mol. The van der Waals surface area contributed by atoms with Crippen molar-refractivity contribution in [3.63, 3.8) is 0 Å². The molecule has 1 aliphatic heterocycles. The third-order valence-electron chi connectivity index (χ3n) is 12.5. The maximum absolute atomic E-state index is 2.52. The van der Waals surface area contributed by atoms with Crippen LogP contribution in [0.25, 0.3) is 22.3 Å². The summed E-state index contributed by atoms with van der Waals surface area (Å²) in [6.07, 6.45) is 13.8. The van der Waals surface area contributed by atoms with Gasteiger partial charge in [0.05, 0.1) is 6.04 Å². The van der Waals surface area contributed by atoms with Gasteiger partial charge >= 0.3 is 0 Å². The minimum atomic E-state index is -0.0771. The fourth-order valence-electron chi connectivity index (χ4n) is 9.32. The van der Waals surface area contributed by atoms with Gasteiger partial charge in [-0.25, -0.2) is 0 Å². The fourth-order valence-corrected chi connectivity index (χ4v) is 9.32. The topological polar surface area (TPSA) is 6.48 Å². The van der Waals surface area contributed by atoms with Gasteiger partial charge in [-0.05, 0) is 112 Å². The van der Waals surface area contributed by atoms with E-state index in [4.69, 9.17) is 0 Å². The Labute approximate surface area is 327 Å². The second-order valence-corrected chi connectivity index (χ2v) is 16.3. The molecule has 2 heteroatoms. The van der Waals surface area contributed by atoms with Crippen LogP contribution >= 0.6 is 0 Å².